The molecule has 2 bridgehead atoms. The molecule has 3 aliphatic rings. The highest BCUT2D eigenvalue weighted by atomic mass is 16.5. The molecule has 2 aromatic carbocycles. The minimum absolute atomic E-state index is 0.0133. The van der Waals surface area contributed by atoms with Crippen LogP contribution in [0.2, 0.25) is 0 Å². The van der Waals surface area contributed by atoms with Gasteiger partial charge in [-0.3, -0.25) is 9.48 Å². The van der Waals surface area contributed by atoms with Gasteiger partial charge in [-0.05, 0) is 68.7 Å². The van der Waals surface area contributed by atoms with E-state index in [9.17, 15) is 4.79 Å². The summed E-state index contributed by atoms with van der Waals surface area (Å²) in [6.45, 7) is 3.67. The summed E-state index contributed by atoms with van der Waals surface area (Å²) in [6, 6.07) is 12.6. The van der Waals surface area contributed by atoms with Crippen molar-refractivity contribution in [1.29, 1.82) is 0 Å². The van der Waals surface area contributed by atoms with E-state index < -0.39 is 0 Å². The number of likely N-dealkylation sites (tertiary alicyclic amines) is 1. The van der Waals surface area contributed by atoms with Crippen molar-refractivity contribution in [1.82, 2.24) is 28.8 Å². The predicted octanol–water partition coefficient (Wildman–Crippen LogP) is 4.96. The van der Waals surface area contributed by atoms with Crippen molar-refractivity contribution in [2.45, 2.75) is 51.2 Å². The lowest BCUT2D eigenvalue weighted by Crippen LogP contribution is -2.41. The molecule has 10 nitrogen and oxygen atoms in total. The van der Waals surface area contributed by atoms with Crippen molar-refractivity contribution in [3.05, 3.63) is 53.9 Å². The van der Waals surface area contributed by atoms with Gasteiger partial charge in [0.05, 0.1) is 40.9 Å². The number of nitrogens with zero attached hydrogens (tertiary/aromatic N) is 6. The van der Waals surface area contributed by atoms with E-state index in [1.807, 2.05) is 48.9 Å². The Labute approximate surface area is 250 Å². The fraction of sp³-hybridized carbons (Fsp3) is 0.424. The molecule has 2 aliphatic carbocycles. The Morgan fingerprint density at radius 3 is 2.60 bits per heavy atom. The summed E-state index contributed by atoms with van der Waals surface area (Å²) in [4.78, 5) is 20.9. The molecule has 3 fully saturated rings. The molecule has 8 rings (SSSR count). The van der Waals surface area contributed by atoms with Gasteiger partial charge in [-0.2, -0.15) is 5.10 Å². The second-order valence-corrected chi connectivity index (χ2v) is 12.7. The number of nitrogens with one attached hydrogen (secondary N) is 1. The number of rotatable bonds is 7. The van der Waals surface area contributed by atoms with Gasteiger partial charge < -0.3 is 29.8 Å². The van der Waals surface area contributed by atoms with Crippen molar-refractivity contribution >= 4 is 39.2 Å². The lowest BCUT2D eigenvalue weighted by atomic mass is 10.1. The fourth-order valence-corrected chi connectivity index (χ4v) is 7.49. The number of amides is 1. The maximum atomic E-state index is 13.7. The number of methoxy groups -OCH3 is 1. The number of aromatic nitrogens is 5. The summed E-state index contributed by atoms with van der Waals surface area (Å²) in [5.74, 6) is 2.56. The number of hydrogen-bond acceptors (Lipinski definition) is 6. The smallest absolute Gasteiger partial charge is 0.254 e. The number of carbonyl (C=O) groups excluding carboxylic acids is 1. The standard InChI is InChI=1S/C33H38N8O2/c1-18-25(17-38(2)37-18)35-23-7-5-6-20-13-27(40(30(20)23)15-19-8-9-19)32-36-24-12-22(14-28(43-4)31(24)39(32)3)33(42)41-16-21-10-11-26(41)29(21)34/h5-7,12-14,17,19,21,26,29,35H,8-11,15-16,34H2,1-4H3/t21?,26?,29-/m1/s1. The zero-order chi connectivity index (χ0) is 29.6. The average Bonchev–Trinajstić information content (AvgIpc) is 3.18. The molecule has 1 aliphatic heterocycles. The van der Waals surface area contributed by atoms with E-state index in [0.29, 0.717) is 23.1 Å². The molecule has 3 atom stereocenters. The fourth-order valence-electron chi connectivity index (χ4n) is 7.49. The zero-order valence-electron chi connectivity index (χ0n) is 25.2. The Hall–Kier alpha value is -4.31. The number of piperidine rings is 1. The first kappa shape index (κ1) is 26.3. The molecule has 2 saturated carbocycles. The van der Waals surface area contributed by atoms with Crippen LogP contribution in [-0.4, -0.2) is 60.4 Å². The zero-order valence-corrected chi connectivity index (χ0v) is 25.2. The molecular weight excluding hydrogens is 540 g/mol. The summed E-state index contributed by atoms with van der Waals surface area (Å²) >= 11 is 0. The lowest BCUT2D eigenvalue weighted by molar-refractivity contribution is 0.0700. The van der Waals surface area contributed by atoms with Gasteiger partial charge in [0, 0.05) is 56.4 Å². The molecule has 2 unspecified atom stereocenters. The number of para-hydroxylation sites is 1. The number of carbonyl (C=O) groups is 1. The van der Waals surface area contributed by atoms with E-state index in [4.69, 9.17) is 15.5 Å². The van der Waals surface area contributed by atoms with Crippen LogP contribution in [0.1, 0.15) is 41.7 Å². The number of fused-ring (bicyclic) bond motifs is 4. The Kier molecular flexibility index (Phi) is 5.88. The third-order valence-corrected chi connectivity index (χ3v) is 9.89. The number of nitrogens with two attached hydrogens (primary N) is 1. The quantitative estimate of drug-likeness (QED) is 0.283. The maximum absolute atomic E-state index is 13.7. The third kappa shape index (κ3) is 4.14. The SMILES string of the molecule is COc1cc(C(=O)N2CC3CCC2[C@@H]3N)cc2nc(-c3cc4cccc(Nc5cn(C)nc5C)c4n3CC3CC3)n(C)c12. The highest BCUT2D eigenvalue weighted by molar-refractivity contribution is 6.01. The number of ether oxygens (including phenoxy) is 1. The van der Waals surface area contributed by atoms with E-state index in [1.54, 1.807) is 7.11 Å². The molecule has 3 aromatic heterocycles. The largest absolute Gasteiger partial charge is 0.494 e. The first-order valence-electron chi connectivity index (χ1n) is 15.3. The van der Waals surface area contributed by atoms with E-state index in [-0.39, 0.29) is 18.0 Å². The van der Waals surface area contributed by atoms with Gasteiger partial charge in [-0.25, -0.2) is 4.98 Å². The number of imidazole rings is 1. The molecule has 3 N–H and O–H groups in total. The molecule has 5 aromatic rings. The number of hydrogen-bond donors (Lipinski definition) is 2. The number of anilines is 2. The minimum Gasteiger partial charge on any atom is -0.494 e. The van der Waals surface area contributed by atoms with Crippen LogP contribution in [0.5, 0.6) is 5.75 Å². The lowest BCUT2D eigenvalue weighted by Gasteiger charge is -2.27. The molecule has 1 saturated heterocycles. The highest BCUT2D eigenvalue weighted by Crippen LogP contribution is 2.41. The van der Waals surface area contributed by atoms with Crippen LogP contribution >= 0.6 is 0 Å². The minimum atomic E-state index is 0.0133. The van der Waals surface area contributed by atoms with Gasteiger partial charge in [0.2, 0.25) is 0 Å². The topological polar surface area (TPSA) is 108 Å². The van der Waals surface area contributed by atoms with E-state index >= 15 is 0 Å². The van der Waals surface area contributed by atoms with Crippen LogP contribution in [0.3, 0.4) is 0 Å². The van der Waals surface area contributed by atoms with E-state index in [2.05, 4.69) is 43.8 Å². The summed E-state index contributed by atoms with van der Waals surface area (Å²) in [7, 11) is 5.63. The van der Waals surface area contributed by atoms with Crippen LogP contribution in [0.15, 0.2) is 42.6 Å². The molecule has 0 spiro atoms. The van der Waals surface area contributed by atoms with Gasteiger partial charge in [-0.15, -0.1) is 0 Å². The Balaban J connectivity index is 1.25. The third-order valence-electron chi connectivity index (χ3n) is 9.89. The van der Waals surface area contributed by atoms with Crippen LogP contribution in [0.25, 0.3) is 33.5 Å². The molecule has 0 radical (unpaired) electrons. The average molecular weight is 579 g/mol. The Morgan fingerprint density at radius 2 is 1.93 bits per heavy atom. The molecule has 43 heavy (non-hydrogen) atoms. The molecule has 222 valence electrons. The molecule has 4 heterocycles. The first-order valence-corrected chi connectivity index (χ1v) is 15.3. The van der Waals surface area contributed by atoms with Gasteiger partial charge in [0.25, 0.3) is 5.91 Å². The summed E-state index contributed by atoms with van der Waals surface area (Å²) in [6.07, 6.45) is 6.57. The first-order chi connectivity index (χ1) is 20.8. The van der Waals surface area contributed by atoms with Gasteiger partial charge in [0.1, 0.15) is 11.3 Å². The summed E-state index contributed by atoms with van der Waals surface area (Å²) < 4.78 is 12.2. The summed E-state index contributed by atoms with van der Waals surface area (Å²) in [5, 5.41) is 9.32. The van der Waals surface area contributed by atoms with Crippen LogP contribution in [0.4, 0.5) is 11.4 Å². The second-order valence-electron chi connectivity index (χ2n) is 12.7. The van der Waals surface area contributed by atoms with Gasteiger partial charge >= 0.3 is 0 Å². The number of benzene rings is 2. The monoisotopic (exact) mass is 578 g/mol. The Bertz CT molecular complexity index is 1910. The van der Waals surface area contributed by atoms with Crippen molar-refractivity contribution in [2.24, 2.45) is 31.7 Å². The van der Waals surface area contributed by atoms with Crippen LogP contribution < -0.4 is 15.8 Å². The van der Waals surface area contributed by atoms with Crippen LogP contribution in [0, 0.1) is 18.8 Å². The second kappa shape index (κ2) is 9.60. The summed E-state index contributed by atoms with van der Waals surface area (Å²) in [5.41, 5.74) is 13.9. The number of aryl methyl sites for hydroxylation is 3. The normalized spacial score (nSPS) is 21.4. The molecule has 10 heteroatoms. The van der Waals surface area contributed by atoms with Crippen molar-refractivity contribution in [3.63, 3.8) is 0 Å². The van der Waals surface area contributed by atoms with Crippen molar-refractivity contribution < 1.29 is 9.53 Å². The molecule has 1 amide bonds. The van der Waals surface area contributed by atoms with Crippen LogP contribution in [-0.2, 0) is 20.6 Å². The van der Waals surface area contributed by atoms with E-state index in [0.717, 1.165) is 76.5 Å². The van der Waals surface area contributed by atoms with Crippen molar-refractivity contribution in [3.8, 4) is 17.3 Å². The van der Waals surface area contributed by atoms with Gasteiger partial charge in [-0.1, -0.05) is 12.1 Å². The molecular formula is C33H38N8O2. The predicted molar refractivity (Wildman–Crippen MR) is 168 cm³/mol. The highest BCUT2D eigenvalue weighted by Gasteiger charge is 2.47. The van der Waals surface area contributed by atoms with E-state index in [1.165, 1.54) is 12.8 Å². The Morgan fingerprint density at radius 1 is 1.09 bits per heavy atom. The maximum Gasteiger partial charge on any atom is 0.254 e. The van der Waals surface area contributed by atoms with Crippen molar-refractivity contribution in [2.75, 3.05) is 19.0 Å². The van der Waals surface area contributed by atoms with Gasteiger partial charge in [0.15, 0.2) is 5.82 Å².